The van der Waals surface area contributed by atoms with E-state index in [-0.39, 0.29) is 12.2 Å². The number of halogens is 2. The molecule has 1 saturated carbocycles. The predicted octanol–water partition coefficient (Wildman–Crippen LogP) is 2.73. The average molecular weight is 208 g/mol. The molecule has 78 valence electrons. The fraction of sp³-hybridized carbons (Fsp3) is 1.00. The first-order valence-corrected chi connectivity index (χ1v) is 5.63. The Morgan fingerprint density at radius 1 is 1.46 bits per heavy atom. The Morgan fingerprint density at radius 3 is 2.54 bits per heavy atom. The molecule has 1 rings (SSSR count). The molecule has 0 bridgehead atoms. The minimum atomic E-state index is -0.297. The zero-order chi connectivity index (χ0) is 9.73. The number of rotatable bonds is 4. The second-order valence-electron chi connectivity index (χ2n) is 4.21. The van der Waals surface area contributed by atoms with E-state index in [1.165, 1.54) is 12.8 Å². The van der Waals surface area contributed by atoms with Crippen LogP contribution in [0.5, 0.6) is 0 Å². The molecule has 0 aromatic heterocycles. The largest absolute Gasteiger partial charge is 0.307 e. The molecular weight excluding hydrogens is 189 g/mol. The smallest absolute Gasteiger partial charge is 0.102 e. The van der Waals surface area contributed by atoms with Gasteiger partial charge in [-0.2, -0.15) is 0 Å². The molecule has 0 heterocycles. The van der Waals surface area contributed by atoms with Gasteiger partial charge in [-0.25, -0.2) is 4.39 Å². The maximum atomic E-state index is 12.0. The molecule has 1 N–H and O–H groups in total. The van der Waals surface area contributed by atoms with Gasteiger partial charge in [-0.05, 0) is 31.6 Å². The van der Waals surface area contributed by atoms with Crippen LogP contribution in [0.4, 0.5) is 4.39 Å². The van der Waals surface area contributed by atoms with Crippen LogP contribution >= 0.6 is 11.6 Å². The maximum absolute atomic E-state index is 12.0. The van der Waals surface area contributed by atoms with E-state index in [2.05, 4.69) is 12.2 Å². The Hall–Kier alpha value is 0.180. The van der Waals surface area contributed by atoms with E-state index >= 15 is 0 Å². The highest BCUT2D eigenvalue weighted by Gasteiger charge is 2.32. The molecule has 0 radical (unpaired) electrons. The monoisotopic (exact) mass is 207 g/mol. The van der Waals surface area contributed by atoms with E-state index in [0.717, 1.165) is 18.8 Å². The summed E-state index contributed by atoms with van der Waals surface area (Å²) in [5.74, 6) is 1.42. The lowest BCUT2D eigenvalue weighted by Gasteiger charge is -2.38. The van der Waals surface area contributed by atoms with Gasteiger partial charge in [-0.3, -0.25) is 0 Å². The first-order valence-electron chi connectivity index (χ1n) is 5.09. The molecule has 1 aliphatic rings. The van der Waals surface area contributed by atoms with Crippen molar-refractivity contribution in [2.75, 3.05) is 19.1 Å². The SMILES string of the molecule is CC1CCC(CCl)(NCCF)CC1. The van der Waals surface area contributed by atoms with Crippen molar-refractivity contribution in [2.45, 2.75) is 38.1 Å². The summed E-state index contributed by atoms with van der Waals surface area (Å²) in [5.41, 5.74) is 0.0279. The Morgan fingerprint density at radius 2 is 2.08 bits per heavy atom. The van der Waals surface area contributed by atoms with Gasteiger partial charge in [-0.15, -0.1) is 11.6 Å². The molecule has 0 spiro atoms. The van der Waals surface area contributed by atoms with Crippen LogP contribution < -0.4 is 5.32 Å². The molecule has 0 aromatic rings. The normalized spacial score (nSPS) is 34.8. The lowest BCUT2D eigenvalue weighted by molar-refractivity contribution is 0.213. The summed E-state index contributed by atoms with van der Waals surface area (Å²) >= 11 is 5.94. The van der Waals surface area contributed by atoms with E-state index in [1.807, 2.05) is 0 Å². The second kappa shape index (κ2) is 5.16. The van der Waals surface area contributed by atoms with Crippen LogP contribution in [0, 0.1) is 5.92 Å². The Balaban J connectivity index is 2.40. The highest BCUT2D eigenvalue weighted by molar-refractivity contribution is 6.18. The van der Waals surface area contributed by atoms with Crippen LogP contribution in [0.1, 0.15) is 32.6 Å². The summed E-state index contributed by atoms with van der Waals surface area (Å²) in [6.45, 7) is 2.42. The summed E-state index contributed by atoms with van der Waals surface area (Å²) in [7, 11) is 0. The zero-order valence-corrected chi connectivity index (χ0v) is 9.04. The highest BCUT2D eigenvalue weighted by Crippen LogP contribution is 2.32. The van der Waals surface area contributed by atoms with Crippen molar-refractivity contribution >= 4 is 11.6 Å². The van der Waals surface area contributed by atoms with Crippen LogP contribution in [0.25, 0.3) is 0 Å². The standard InChI is InChI=1S/C10H19ClFN/c1-9-2-4-10(8-11,5-3-9)13-7-6-12/h9,13H,2-8H2,1H3. The van der Waals surface area contributed by atoms with E-state index in [9.17, 15) is 4.39 Å². The van der Waals surface area contributed by atoms with Crippen molar-refractivity contribution in [1.82, 2.24) is 5.32 Å². The minimum absolute atomic E-state index is 0.0279. The van der Waals surface area contributed by atoms with Crippen LogP contribution in [-0.2, 0) is 0 Å². The van der Waals surface area contributed by atoms with Crippen LogP contribution in [0.15, 0.2) is 0 Å². The molecule has 0 atom stereocenters. The Bertz CT molecular complexity index is 138. The first-order chi connectivity index (χ1) is 6.22. The van der Waals surface area contributed by atoms with Crippen LogP contribution in [0.2, 0.25) is 0 Å². The van der Waals surface area contributed by atoms with Gasteiger partial charge in [0.2, 0.25) is 0 Å². The fourth-order valence-electron chi connectivity index (χ4n) is 1.98. The van der Waals surface area contributed by atoms with Gasteiger partial charge < -0.3 is 5.32 Å². The third kappa shape index (κ3) is 3.10. The third-order valence-corrected chi connectivity index (χ3v) is 3.59. The lowest BCUT2D eigenvalue weighted by Crippen LogP contribution is -2.50. The van der Waals surface area contributed by atoms with E-state index in [4.69, 9.17) is 11.6 Å². The number of hydrogen-bond donors (Lipinski definition) is 1. The highest BCUT2D eigenvalue weighted by atomic mass is 35.5. The van der Waals surface area contributed by atoms with Crippen LogP contribution in [-0.4, -0.2) is 24.6 Å². The molecule has 0 amide bonds. The van der Waals surface area contributed by atoms with Crippen molar-refractivity contribution in [1.29, 1.82) is 0 Å². The maximum Gasteiger partial charge on any atom is 0.102 e. The molecule has 0 unspecified atom stereocenters. The first kappa shape index (κ1) is 11.3. The van der Waals surface area contributed by atoms with E-state index in [1.54, 1.807) is 0 Å². The van der Waals surface area contributed by atoms with Gasteiger partial charge in [-0.1, -0.05) is 6.92 Å². The molecule has 1 fully saturated rings. The van der Waals surface area contributed by atoms with Crippen molar-refractivity contribution in [3.8, 4) is 0 Å². The van der Waals surface area contributed by atoms with E-state index in [0.29, 0.717) is 12.4 Å². The van der Waals surface area contributed by atoms with Crippen molar-refractivity contribution in [2.24, 2.45) is 5.92 Å². The van der Waals surface area contributed by atoms with Crippen LogP contribution in [0.3, 0.4) is 0 Å². The number of hydrogen-bond acceptors (Lipinski definition) is 1. The molecule has 0 aromatic carbocycles. The molecule has 1 aliphatic carbocycles. The second-order valence-corrected chi connectivity index (χ2v) is 4.48. The van der Waals surface area contributed by atoms with Gasteiger partial charge in [0.15, 0.2) is 0 Å². The molecule has 3 heteroatoms. The third-order valence-electron chi connectivity index (χ3n) is 3.08. The van der Waals surface area contributed by atoms with Gasteiger partial charge >= 0.3 is 0 Å². The van der Waals surface area contributed by atoms with Gasteiger partial charge in [0.05, 0.1) is 0 Å². The summed E-state index contributed by atoms with van der Waals surface area (Å²) in [6.07, 6.45) is 4.62. The average Bonchev–Trinajstić information content (AvgIpc) is 2.18. The quantitative estimate of drug-likeness (QED) is 0.700. The van der Waals surface area contributed by atoms with Crippen molar-refractivity contribution in [3.05, 3.63) is 0 Å². The Labute approximate surface area is 85.0 Å². The van der Waals surface area contributed by atoms with Crippen molar-refractivity contribution < 1.29 is 4.39 Å². The summed E-state index contributed by atoms with van der Waals surface area (Å²) in [6, 6.07) is 0. The molecule has 1 nitrogen and oxygen atoms in total. The van der Waals surface area contributed by atoms with Crippen molar-refractivity contribution in [3.63, 3.8) is 0 Å². The fourth-order valence-corrected chi connectivity index (χ4v) is 2.35. The van der Waals surface area contributed by atoms with E-state index < -0.39 is 0 Å². The molecule has 0 saturated heterocycles. The van der Waals surface area contributed by atoms with Gasteiger partial charge in [0.1, 0.15) is 6.67 Å². The topological polar surface area (TPSA) is 12.0 Å². The van der Waals surface area contributed by atoms with Gasteiger partial charge in [0, 0.05) is 18.0 Å². The lowest BCUT2D eigenvalue weighted by atomic mass is 9.78. The summed E-state index contributed by atoms with van der Waals surface area (Å²) < 4.78 is 12.0. The Kier molecular flexibility index (Phi) is 4.47. The zero-order valence-electron chi connectivity index (χ0n) is 8.28. The predicted molar refractivity (Wildman–Crippen MR) is 55.1 cm³/mol. The minimum Gasteiger partial charge on any atom is -0.307 e. The molecular formula is C10H19ClFN. The number of alkyl halides is 2. The number of nitrogens with one attached hydrogen (secondary N) is 1. The summed E-state index contributed by atoms with van der Waals surface area (Å²) in [4.78, 5) is 0. The summed E-state index contributed by atoms with van der Waals surface area (Å²) in [5, 5.41) is 3.25. The molecule has 0 aliphatic heterocycles. The molecule has 13 heavy (non-hydrogen) atoms. The van der Waals surface area contributed by atoms with Gasteiger partial charge in [0.25, 0.3) is 0 Å².